The van der Waals surface area contributed by atoms with E-state index < -0.39 is 8.07 Å². The van der Waals surface area contributed by atoms with Gasteiger partial charge < -0.3 is 9.64 Å². The van der Waals surface area contributed by atoms with E-state index in [9.17, 15) is 0 Å². The molecule has 0 bridgehead atoms. The van der Waals surface area contributed by atoms with Crippen LogP contribution in [0.2, 0.25) is 13.1 Å². The molecule has 0 spiro atoms. The number of fused-ring (bicyclic) bond motifs is 12. The molecule has 0 atom stereocenters. The highest BCUT2D eigenvalue weighted by Crippen LogP contribution is 2.60. The van der Waals surface area contributed by atoms with Crippen LogP contribution in [0, 0.1) is 0 Å². The van der Waals surface area contributed by atoms with Crippen LogP contribution in [-0.2, 0) is 16.2 Å². The van der Waals surface area contributed by atoms with Gasteiger partial charge in [0.05, 0.1) is 0 Å². The van der Waals surface area contributed by atoms with Gasteiger partial charge in [0.2, 0.25) is 0 Å². The second-order valence-corrected chi connectivity index (χ2v) is 27.0. The Morgan fingerprint density at radius 2 is 0.928 bits per heavy atom. The van der Waals surface area contributed by atoms with Crippen molar-refractivity contribution in [2.75, 3.05) is 4.90 Å². The molecule has 336 valence electrons. The zero-order valence-corrected chi connectivity index (χ0v) is 42.5. The van der Waals surface area contributed by atoms with E-state index in [2.05, 4.69) is 248 Å². The smallest absolute Gasteiger partial charge is 0.135 e. The van der Waals surface area contributed by atoms with E-state index in [-0.39, 0.29) is 16.2 Å². The van der Waals surface area contributed by atoms with Crippen molar-refractivity contribution in [3.8, 4) is 56.0 Å². The second-order valence-electron chi connectivity index (χ2n) is 21.7. The number of ether oxygens (including phenoxy) is 1. The maximum Gasteiger partial charge on any atom is 0.135 e. The highest BCUT2D eigenvalue weighted by Gasteiger charge is 2.45. The van der Waals surface area contributed by atoms with Crippen molar-refractivity contribution in [1.82, 2.24) is 0 Å². The van der Waals surface area contributed by atoms with Crippen LogP contribution in [0.15, 0.2) is 198 Å². The molecule has 69 heavy (non-hydrogen) atoms. The van der Waals surface area contributed by atoms with Crippen LogP contribution in [0.3, 0.4) is 0 Å². The van der Waals surface area contributed by atoms with Crippen molar-refractivity contribution in [3.05, 3.63) is 221 Å². The Bertz CT molecular complexity index is 3600. The van der Waals surface area contributed by atoms with Crippen molar-refractivity contribution in [1.29, 1.82) is 0 Å². The Morgan fingerprint density at radius 3 is 1.70 bits per heavy atom. The van der Waals surface area contributed by atoms with Crippen molar-refractivity contribution >= 4 is 47.3 Å². The molecule has 0 saturated carbocycles. The molecule has 13 rings (SSSR count). The van der Waals surface area contributed by atoms with Gasteiger partial charge in [0.15, 0.2) is 0 Å². The maximum atomic E-state index is 6.95. The van der Waals surface area contributed by atoms with E-state index >= 15 is 0 Å². The Balaban J connectivity index is 0.921. The van der Waals surface area contributed by atoms with Gasteiger partial charge in [-0.1, -0.05) is 212 Å². The first-order chi connectivity index (χ1) is 33.2. The van der Waals surface area contributed by atoms with E-state index in [0.717, 1.165) is 28.6 Å². The molecule has 0 unspecified atom stereocenters. The Labute approximate surface area is 412 Å². The molecule has 2 heterocycles. The highest BCUT2D eigenvalue weighted by molar-refractivity contribution is 7.99. The van der Waals surface area contributed by atoms with Gasteiger partial charge in [0.1, 0.15) is 19.6 Å². The minimum Gasteiger partial charge on any atom is -0.457 e. The molecule has 9 aromatic carbocycles. The quantitative estimate of drug-likeness (QED) is 0.160. The van der Waals surface area contributed by atoms with Gasteiger partial charge in [0.25, 0.3) is 0 Å². The lowest BCUT2D eigenvalue weighted by atomic mass is 9.75. The highest BCUT2D eigenvalue weighted by atomic mass is 32.2. The van der Waals surface area contributed by atoms with Crippen molar-refractivity contribution < 1.29 is 4.74 Å². The summed E-state index contributed by atoms with van der Waals surface area (Å²) >= 11 is 1.97. The van der Waals surface area contributed by atoms with Crippen LogP contribution in [0.4, 0.5) is 17.1 Å². The summed E-state index contributed by atoms with van der Waals surface area (Å²) in [5.74, 6) is 2.06. The molecule has 4 heteroatoms. The van der Waals surface area contributed by atoms with Crippen molar-refractivity contribution in [3.63, 3.8) is 0 Å². The third-order valence-electron chi connectivity index (χ3n) is 16.4. The number of hydrogen-bond donors (Lipinski definition) is 0. The molecule has 2 aliphatic heterocycles. The van der Waals surface area contributed by atoms with Crippen LogP contribution in [0.1, 0.15) is 74.9 Å². The number of anilines is 3. The molecule has 2 aliphatic carbocycles. The van der Waals surface area contributed by atoms with Gasteiger partial charge in [-0.25, -0.2) is 0 Å². The van der Waals surface area contributed by atoms with E-state index in [0.29, 0.717) is 0 Å². The maximum absolute atomic E-state index is 6.95. The minimum absolute atomic E-state index is 0.0486. The van der Waals surface area contributed by atoms with E-state index in [1.54, 1.807) is 0 Å². The lowest BCUT2D eigenvalue weighted by molar-refractivity contribution is 0.487. The van der Waals surface area contributed by atoms with Crippen LogP contribution in [0.25, 0.3) is 44.5 Å². The fourth-order valence-corrected chi connectivity index (χ4v) is 17.0. The number of para-hydroxylation sites is 1. The van der Waals surface area contributed by atoms with Gasteiger partial charge in [-0.15, -0.1) is 0 Å². The Morgan fingerprint density at radius 1 is 0.391 bits per heavy atom. The summed E-state index contributed by atoms with van der Waals surface area (Å²) in [6, 6.07) is 70.5. The average molecular weight is 926 g/mol. The Hall–Kier alpha value is -6.85. The summed E-state index contributed by atoms with van der Waals surface area (Å²) in [6.45, 7) is 19.3. The first-order valence-corrected chi connectivity index (χ1v) is 28.3. The molecule has 4 aliphatic rings. The third-order valence-corrected chi connectivity index (χ3v) is 21.2. The molecular formula is C65H55NOSSi. The SMILES string of the molecule is CC1(C)c2cccc(-c3ccc(N(c4ccc(-c5ccccc5)cc4)c4ccc5c(c4)C(C)(C)c4ccc6c(c4-5)Oc4ccccc4[Si]6(C)C)cc3)c2Sc2c1ccc1c2-c2ccccc2C1(C)C. The van der Waals surface area contributed by atoms with Gasteiger partial charge in [-0.05, 0) is 120 Å². The predicted molar refractivity (Wildman–Crippen MR) is 293 cm³/mol. The van der Waals surface area contributed by atoms with Crippen LogP contribution >= 0.6 is 11.8 Å². The summed E-state index contributed by atoms with van der Waals surface area (Å²) in [6.07, 6.45) is 0. The van der Waals surface area contributed by atoms with Crippen LogP contribution < -0.4 is 20.0 Å². The number of nitrogens with zero attached hydrogens (tertiary/aromatic N) is 1. The molecule has 0 N–H and O–H groups in total. The van der Waals surface area contributed by atoms with Gasteiger partial charge in [0, 0.05) is 54.2 Å². The number of hydrogen-bond acceptors (Lipinski definition) is 3. The zero-order chi connectivity index (χ0) is 47.2. The zero-order valence-electron chi connectivity index (χ0n) is 40.7. The fraction of sp³-hybridized carbons (Fsp3) is 0.169. The van der Waals surface area contributed by atoms with Gasteiger partial charge >= 0.3 is 0 Å². The lowest BCUT2D eigenvalue weighted by Gasteiger charge is -2.37. The second kappa shape index (κ2) is 14.8. The van der Waals surface area contributed by atoms with E-state index in [4.69, 9.17) is 4.74 Å². The van der Waals surface area contributed by atoms with Gasteiger partial charge in [-0.2, -0.15) is 0 Å². The van der Waals surface area contributed by atoms with Crippen LogP contribution in [-0.4, -0.2) is 8.07 Å². The molecule has 0 saturated heterocycles. The van der Waals surface area contributed by atoms with E-state index in [1.807, 2.05) is 11.8 Å². The molecule has 0 radical (unpaired) electrons. The standard InChI is InChI=1S/C65H55NOSSi/c1-63(2)49-21-13-12-19-47(49)59-51(63)35-36-53-62(59)68-61-46(20-16-22-52(61)65(53,5)6)42-27-31-44(32-28-42)66(43-29-25-41(26-30-43)40-17-10-9-11-18-40)45-33-34-48-54(39-45)64(3,4)50-37-38-57-60(58(48)50)67-55-23-14-15-24-56(55)69(57,7)8/h9-39H,1-8H3. The number of benzene rings is 9. The molecule has 0 aromatic heterocycles. The molecular weight excluding hydrogens is 871 g/mol. The molecule has 9 aromatic rings. The third kappa shape index (κ3) is 6.04. The molecule has 2 nitrogen and oxygen atoms in total. The molecule has 0 amide bonds. The fourth-order valence-electron chi connectivity index (χ4n) is 12.5. The monoisotopic (exact) mass is 925 g/mol. The first-order valence-electron chi connectivity index (χ1n) is 24.5. The summed E-state index contributed by atoms with van der Waals surface area (Å²) in [7, 11) is -2.01. The minimum atomic E-state index is -2.01. The average Bonchev–Trinajstić information content (AvgIpc) is 3.74. The summed E-state index contributed by atoms with van der Waals surface area (Å²) < 4.78 is 6.95. The first kappa shape index (κ1) is 42.3. The van der Waals surface area contributed by atoms with Crippen molar-refractivity contribution in [2.24, 2.45) is 0 Å². The van der Waals surface area contributed by atoms with E-state index in [1.165, 1.54) is 98.1 Å². The largest absolute Gasteiger partial charge is 0.457 e. The summed E-state index contributed by atoms with van der Waals surface area (Å²) in [5.41, 5.74) is 21.4. The normalized spacial score (nSPS) is 16.3. The lowest BCUT2D eigenvalue weighted by Crippen LogP contribution is -2.56. The predicted octanol–water partition coefficient (Wildman–Crippen LogP) is 16.8. The summed E-state index contributed by atoms with van der Waals surface area (Å²) in [5, 5.41) is 2.74. The molecule has 0 fully saturated rings. The Kier molecular flexibility index (Phi) is 9.08. The summed E-state index contributed by atoms with van der Waals surface area (Å²) in [4.78, 5) is 5.20. The topological polar surface area (TPSA) is 12.5 Å². The van der Waals surface area contributed by atoms with Crippen LogP contribution in [0.5, 0.6) is 11.5 Å². The van der Waals surface area contributed by atoms with Crippen molar-refractivity contribution in [2.45, 2.75) is 80.7 Å². The number of rotatable bonds is 5. The van der Waals surface area contributed by atoms with Gasteiger partial charge in [-0.3, -0.25) is 0 Å².